The largest absolute Gasteiger partial charge is 0.477 e. The third kappa shape index (κ3) is 8.38. The first-order chi connectivity index (χ1) is 9.63. The molecule has 1 heterocycles. The van der Waals surface area contributed by atoms with Crippen LogP contribution in [0.1, 0.15) is 32.3 Å². The SMILES string of the molecule is CC(O)=[OH+].CCCCc1c[c-]c(-c2ccccn2)cc1.[Ir]. The number of benzene rings is 1. The van der Waals surface area contributed by atoms with Crippen molar-refractivity contribution in [3.05, 3.63) is 54.2 Å². The standard InChI is InChI=1S/C15H16N.C2H4O2.Ir/c1-2-3-6-13-8-10-14(11-9-13)15-7-4-5-12-16-15;1-2(3)4;/h4-5,7-10,12H,2-3,6H2,1H3;1H3,(H,3,4);/q-1;;/p+1. The van der Waals surface area contributed by atoms with Crippen LogP contribution in [0.15, 0.2) is 42.6 Å². The molecule has 0 saturated heterocycles. The summed E-state index contributed by atoms with van der Waals surface area (Å²) in [4.78, 5) is 11.8. The maximum absolute atomic E-state index is 7.53. The number of nitrogens with zero attached hydrogens (tertiary/aromatic N) is 1. The van der Waals surface area contributed by atoms with E-state index in [0.29, 0.717) is 0 Å². The number of aliphatic carboxylic acids is 1. The second kappa shape index (κ2) is 11.2. The normalized spacial score (nSPS) is 9.05. The van der Waals surface area contributed by atoms with Crippen molar-refractivity contribution in [1.29, 1.82) is 0 Å². The molecule has 0 aliphatic heterocycles. The first-order valence-electron chi connectivity index (χ1n) is 6.77. The summed E-state index contributed by atoms with van der Waals surface area (Å²) in [6, 6.07) is 15.6. The van der Waals surface area contributed by atoms with Crippen molar-refractivity contribution in [3.63, 3.8) is 0 Å². The van der Waals surface area contributed by atoms with Gasteiger partial charge in [-0.15, -0.1) is 35.4 Å². The van der Waals surface area contributed by atoms with Crippen LogP contribution in [0.25, 0.3) is 11.3 Å². The van der Waals surface area contributed by atoms with E-state index in [-0.39, 0.29) is 20.1 Å². The minimum atomic E-state index is -0.583. The van der Waals surface area contributed by atoms with Crippen LogP contribution in [-0.4, -0.2) is 20.9 Å². The summed E-state index contributed by atoms with van der Waals surface area (Å²) in [6.07, 6.45) is 5.45. The quantitative estimate of drug-likeness (QED) is 0.551. The summed E-state index contributed by atoms with van der Waals surface area (Å²) in [5, 5.41) is 7.53. The van der Waals surface area contributed by atoms with Gasteiger partial charge in [-0.1, -0.05) is 38.3 Å². The molecule has 1 radical (unpaired) electrons. The van der Waals surface area contributed by atoms with Crippen LogP contribution >= 0.6 is 0 Å². The van der Waals surface area contributed by atoms with E-state index in [1.165, 1.54) is 25.3 Å². The number of aliphatic hydroxyl groups excluding tert-OH is 1. The van der Waals surface area contributed by atoms with Crippen molar-refractivity contribution in [2.45, 2.75) is 33.1 Å². The Labute approximate surface area is 139 Å². The summed E-state index contributed by atoms with van der Waals surface area (Å²) < 4.78 is 0. The molecule has 4 heteroatoms. The van der Waals surface area contributed by atoms with E-state index in [0.717, 1.165) is 17.7 Å². The van der Waals surface area contributed by atoms with E-state index < -0.39 is 5.97 Å². The van der Waals surface area contributed by atoms with Crippen molar-refractivity contribution >= 4 is 5.97 Å². The number of unbranched alkanes of at least 4 members (excludes halogenated alkanes) is 1. The molecule has 0 aliphatic carbocycles. The van der Waals surface area contributed by atoms with Gasteiger partial charge in [-0.2, -0.15) is 0 Å². The first kappa shape index (κ1) is 19.5. The number of aryl methyl sites for hydroxylation is 1. The summed E-state index contributed by atoms with van der Waals surface area (Å²) in [7, 11) is 0. The molecule has 0 aliphatic rings. The van der Waals surface area contributed by atoms with Gasteiger partial charge in [0.2, 0.25) is 0 Å². The number of hydrogen-bond acceptors (Lipinski definition) is 1. The van der Waals surface area contributed by atoms with Gasteiger partial charge in [0.1, 0.15) is 0 Å². The molecule has 2 aromatic rings. The Balaban J connectivity index is 0.000000715. The molecule has 115 valence electrons. The van der Waals surface area contributed by atoms with Crippen LogP contribution < -0.4 is 0 Å². The van der Waals surface area contributed by atoms with E-state index in [1.54, 1.807) is 0 Å². The van der Waals surface area contributed by atoms with E-state index in [1.807, 2.05) is 24.4 Å². The molecule has 1 aromatic heterocycles. The fourth-order valence-electron chi connectivity index (χ4n) is 1.67. The Morgan fingerprint density at radius 1 is 1.29 bits per heavy atom. The summed E-state index contributed by atoms with van der Waals surface area (Å²) in [5.41, 5.74) is 3.42. The zero-order valence-electron chi connectivity index (χ0n) is 12.3. The number of rotatable bonds is 4. The van der Waals surface area contributed by atoms with Crippen LogP contribution in [0.2, 0.25) is 0 Å². The van der Waals surface area contributed by atoms with Crippen molar-refractivity contribution < 1.29 is 30.0 Å². The molecule has 0 saturated carbocycles. The van der Waals surface area contributed by atoms with E-state index >= 15 is 0 Å². The van der Waals surface area contributed by atoms with Crippen molar-refractivity contribution in [1.82, 2.24) is 4.98 Å². The summed E-state index contributed by atoms with van der Waals surface area (Å²) in [6.45, 7) is 3.41. The van der Waals surface area contributed by atoms with Crippen LogP contribution in [0, 0.1) is 6.07 Å². The fraction of sp³-hybridized carbons (Fsp3) is 0.294. The topological polar surface area (TPSA) is 54.5 Å². The molecule has 2 rings (SSSR count). The zero-order valence-corrected chi connectivity index (χ0v) is 14.7. The number of hydrogen-bond donors (Lipinski definition) is 1. The van der Waals surface area contributed by atoms with Crippen LogP contribution in [0.3, 0.4) is 0 Å². The third-order valence-electron chi connectivity index (χ3n) is 2.64. The predicted octanol–water partition coefficient (Wildman–Crippen LogP) is 3.96. The first-order valence-corrected chi connectivity index (χ1v) is 6.77. The number of aromatic nitrogens is 1. The molecule has 0 amide bonds. The minimum absolute atomic E-state index is 0. The Hall–Kier alpha value is -1.51. The van der Waals surface area contributed by atoms with E-state index in [9.17, 15) is 0 Å². The van der Waals surface area contributed by atoms with Crippen molar-refractivity contribution in [3.8, 4) is 11.3 Å². The van der Waals surface area contributed by atoms with Gasteiger partial charge in [-0.05, 0) is 11.8 Å². The Kier molecular flexibility index (Phi) is 10.4. The van der Waals surface area contributed by atoms with Gasteiger partial charge in [0.25, 0.3) is 0 Å². The van der Waals surface area contributed by atoms with E-state index in [4.69, 9.17) is 9.90 Å². The molecule has 21 heavy (non-hydrogen) atoms. The van der Waals surface area contributed by atoms with Crippen LogP contribution in [0.5, 0.6) is 0 Å². The molecule has 2 N–H and O–H groups in total. The van der Waals surface area contributed by atoms with Gasteiger partial charge < -0.3 is 14.9 Å². The fourth-order valence-corrected chi connectivity index (χ4v) is 1.67. The van der Waals surface area contributed by atoms with Gasteiger partial charge in [0, 0.05) is 26.3 Å². The maximum atomic E-state index is 7.53. The van der Waals surface area contributed by atoms with Gasteiger partial charge in [-0.25, -0.2) is 0 Å². The van der Waals surface area contributed by atoms with Crippen molar-refractivity contribution in [2.24, 2.45) is 0 Å². The molecular formula is C17H21IrNO2. The number of pyridine rings is 1. The van der Waals surface area contributed by atoms with E-state index in [2.05, 4.69) is 36.2 Å². The van der Waals surface area contributed by atoms with Gasteiger partial charge in [0.05, 0.1) is 6.92 Å². The molecule has 0 unspecified atom stereocenters. The Morgan fingerprint density at radius 3 is 2.48 bits per heavy atom. The van der Waals surface area contributed by atoms with Crippen molar-refractivity contribution in [2.75, 3.05) is 0 Å². The summed E-state index contributed by atoms with van der Waals surface area (Å²) >= 11 is 0. The molecular weight excluding hydrogens is 442 g/mol. The Bertz CT molecular complexity index is 508. The average molecular weight is 464 g/mol. The molecule has 0 bridgehead atoms. The monoisotopic (exact) mass is 464 g/mol. The van der Waals surface area contributed by atoms with Gasteiger partial charge in [0.15, 0.2) is 0 Å². The average Bonchev–Trinajstić information content (AvgIpc) is 2.46. The Morgan fingerprint density at radius 2 is 2.00 bits per heavy atom. The molecule has 0 spiro atoms. The smallest absolute Gasteiger partial charge is 0.339 e. The van der Waals surface area contributed by atoms with Gasteiger partial charge >= 0.3 is 5.97 Å². The van der Waals surface area contributed by atoms with Crippen LogP contribution in [0.4, 0.5) is 0 Å². The summed E-state index contributed by atoms with van der Waals surface area (Å²) in [5.74, 6) is -0.583. The zero-order chi connectivity index (χ0) is 14.8. The molecule has 1 aromatic carbocycles. The number of carboxylic acid groups (broad SMARTS) is 1. The molecule has 0 atom stereocenters. The van der Waals surface area contributed by atoms with Crippen LogP contribution in [-0.2, 0) is 26.5 Å². The minimum Gasteiger partial charge on any atom is -0.339 e. The van der Waals surface area contributed by atoms with Gasteiger partial charge in [-0.3, -0.25) is 0 Å². The number of carboxylic acids is 1. The molecule has 0 fully saturated rings. The maximum Gasteiger partial charge on any atom is 0.477 e. The predicted molar refractivity (Wildman–Crippen MR) is 82.4 cm³/mol. The third-order valence-corrected chi connectivity index (χ3v) is 2.64. The second-order valence-electron chi connectivity index (χ2n) is 4.48. The molecule has 3 nitrogen and oxygen atoms in total. The second-order valence-corrected chi connectivity index (χ2v) is 4.48.